The van der Waals surface area contributed by atoms with E-state index in [4.69, 9.17) is 0 Å². The van der Waals surface area contributed by atoms with Crippen molar-refractivity contribution >= 4 is 18.4 Å². The van der Waals surface area contributed by atoms with Crippen LogP contribution in [0, 0.1) is 5.92 Å². The van der Waals surface area contributed by atoms with Crippen LogP contribution in [0.5, 0.6) is 0 Å². The molecule has 0 aliphatic heterocycles. The van der Waals surface area contributed by atoms with Crippen molar-refractivity contribution in [3.05, 3.63) is 0 Å². The first-order valence-electron chi connectivity index (χ1n) is 7.41. The topological polar surface area (TPSA) is 20.2 Å². The van der Waals surface area contributed by atoms with Gasteiger partial charge in [-0.1, -0.05) is 0 Å². The van der Waals surface area contributed by atoms with Gasteiger partial charge in [-0.3, -0.25) is 0 Å². The molecule has 1 nitrogen and oxygen atoms in total. The molecule has 0 amide bonds. The maximum absolute atomic E-state index is 9.57. The maximum atomic E-state index is 9.57. The van der Waals surface area contributed by atoms with Gasteiger partial charge in [-0.05, 0) is 0 Å². The second kappa shape index (κ2) is 4.65. The van der Waals surface area contributed by atoms with Crippen molar-refractivity contribution in [3.8, 4) is 0 Å². The summed E-state index contributed by atoms with van der Waals surface area (Å²) in [6, 6.07) is 0. The minimum atomic E-state index is -2.56. The zero-order valence-corrected chi connectivity index (χ0v) is 16.9. The Kier molecular flexibility index (Phi) is 4.34. The van der Waals surface area contributed by atoms with Gasteiger partial charge >= 0.3 is 119 Å². The Hall–Kier alpha value is 0.759. The normalized spacial score (nSPS) is 26.3. The molecule has 0 heterocycles. The van der Waals surface area contributed by atoms with Gasteiger partial charge in [0.15, 0.2) is 0 Å². The van der Waals surface area contributed by atoms with Gasteiger partial charge < -0.3 is 0 Å². The molecule has 1 rings (SSSR count). The van der Waals surface area contributed by atoms with E-state index in [0.29, 0.717) is 22.8 Å². The molecule has 1 aliphatic carbocycles. The molecule has 0 bridgehead atoms. The van der Waals surface area contributed by atoms with Gasteiger partial charge in [0.25, 0.3) is 0 Å². The fourth-order valence-electron chi connectivity index (χ4n) is 6.02. The Balaban J connectivity index is 3.40. The van der Waals surface area contributed by atoms with Crippen molar-refractivity contribution < 1.29 is 5.11 Å². The van der Waals surface area contributed by atoms with Crippen LogP contribution in [-0.2, 0) is 0 Å². The molecule has 0 unspecified atom stereocenters. The van der Waals surface area contributed by atoms with Gasteiger partial charge in [-0.2, -0.15) is 0 Å². The van der Waals surface area contributed by atoms with Crippen molar-refractivity contribution in [3.63, 3.8) is 0 Å². The fourth-order valence-corrected chi connectivity index (χ4v) is 39.0. The van der Waals surface area contributed by atoms with Crippen LogP contribution in [0.3, 0.4) is 0 Å². The van der Waals surface area contributed by atoms with E-state index in [9.17, 15) is 5.11 Å². The van der Waals surface area contributed by atoms with Crippen molar-refractivity contribution in [2.75, 3.05) is 6.61 Å². The van der Waals surface area contributed by atoms with Crippen molar-refractivity contribution in [2.24, 2.45) is 5.92 Å². The molecule has 108 valence electrons. The zero-order chi connectivity index (χ0) is 14.6. The predicted octanol–water partition coefficient (Wildman–Crippen LogP) is 5.22. The molecule has 1 N–H and O–H groups in total. The third-order valence-corrected chi connectivity index (χ3v) is 30.7. The SMILES string of the molecule is C[C](C)(C)[Sn]([C@H]1C[C@@H]1CO)([C](C)(C)C)[C](C)(C)C. The molecule has 1 saturated carbocycles. The molecule has 0 radical (unpaired) electrons. The molecule has 1 fully saturated rings. The van der Waals surface area contributed by atoms with Gasteiger partial charge in [0.2, 0.25) is 0 Å². The molecule has 0 saturated heterocycles. The Labute approximate surface area is 119 Å². The van der Waals surface area contributed by atoms with Crippen LogP contribution in [0.2, 0.25) is 14.2 Å². The Morgan fingerprint density at radius 1 is 0.833 bits per heavy atom. The molecule has 0 spiro atoms. The van der Waals surface area contributed by atoms with Crippen LogP contribution >= 0.6 is 0 Å². The van der Waals surface area contributed by atoms with Crippen molar-refractivity contribution in [2.45, 2.75) is 83.0 Å². The molecular weight excluding hydrogens is 327 g/mol. The molecule has 0 aromatic heterocycles. The van der Waals surface area contributed by atoms with E-state index in [-0.39, 0.29) is 0 Å². The quantitative estimate of drug-likeness (QED) is 0.669. The first kappa shape index (κ1) is 16.8. The van der Waals surface area contributed by atoms with Crippen LogP contribution in [0.1, 0.15) is 68.7 Å². The summed E-state index contributed by atoms with van der Waals surface area (Å²) in [7, 11) is 0. The summed E-state index contributed by atoms with van der Waals surface area (Å²) in [6.07, 6.45) is 1.29. The van der Waals surface area contributed by atoms with E-state index in [1.165, 1.54) is 6.42 Å². The third kappa shape index (κ3) is 2.39. The summed E-state index contributed by atoms with van der Waals surface area (Å²) in [5.41, 5.74) is 0. The van der Waals surface area contributed by atoms with E-state index in [0.717, 1.165) is 3.93 Å². The summed E-state index contributed by atoms with van der Waals surface area (Å²) in [6.45, 7) is 22.7. The van der Waals surface area contributed by atoms with Crippen molar-refractivity contribution in [1.82, 2.24) is 0 Å². The second-order valence-corrected chi connectivity index (χ2v) is 28.9. The summed E-state index contributed by atoms with van der Waals surface area (Å²) >= 11 is -2.56. The minimum absolute atomic E-state index is 0.408. The molecular formula is C16H34OSn. The van der Waals surface area contributed by atoms with Crippen molar-refractivity contribution in [1.29, 1.82) is 0 Å². The molecule has 0 aromatic rings. The Morgan fingerprint density at radius 2 is 1.17 bits per heavy atom. The molecule has 1 aliphatic rings. The Morgan fingerprint density at radius 3 is 1.33 bits per heavy atom. The van der Waals surface area contributed by atoms with Gasteiger partial charge in [0, 0.05) is 0 Å². The molecule has 18 heavy (non-hydrogen) atoms. The summed E-state index contributed by atoms with van der Waals surface area (Å²) < 4.78 is 2.20. The predicted molar refractivity (Wildman–Crippen MR) is 83.8 cm³/mol. The first-order valence-corrected chi connectivity index (χ1v) is 13.3. The summed E-state index contributed by atoms with van der Waals surface area (Å²) in [4.78, 5) is 0. The van der Waals surface area contributed by atoms with Gasteiger partial charge in [0.05, 0.1) is 0 Å². The van der Waals surface area contributed by atoms with Crippen LogP contribution in [0.15, 0.2) is 0 Å². The molecule has 2 atom stereocenters. The Bertz CT molecular complexity index is 264. The van der Waals surface area contributed by atoms with E-state index < -0.39 is 18.4 Å². The summed E-state index contributed by atoms with van der Waals surface area (Å²) in [5.74, 6) is 0.610. The van der Waals surface area contributed by atoms with Gasteiger partial charge in [0.1, 0.15) is 0 Å². The molecule has 0 aromatic carbocycles. The number of hydrogen-bond donors (Lipinski definition) is 1. The van der Waals surface area contributed by atoms with E-state index >= 15 is 0 Å². The molecule has 2 heteroatoms. The number of rotatable bonds is 2. The van der Waals surface area contributed by atoms with Crippen LogP contribution in [0.4, 0.5) is 0 Å². The fraction of sp³-hybridized carbons (Fsp3) is 1.00. The number of aliphatic hydroxyl groups is 1. The van der Waals surface area contributed by atoms with Crippen LogP contribution < -0.4 is 0 Å². The van der Waals surface area contributed by atoms with E-state index in [1.54, 1.807) is 0 Å². The van der Waals surface area contributed by atoms with Gasteiger partial charge in [-0.15, -0.1) is 0 Å². The second-order valence-electron chi connectivity index (χ2n) is 9.34. The van der Waals surface area contributed by atoms with Crippen LogP contribution in [-0.4, -0.2) is 30.1 Å². The van der Waals surface area contributed by atoms with Gasteiger partial charge in [-0.25, -0.2) is 0 Å². The monoisotopic (exact) mass is 362 g/mol. The first-order chi connectivity index (χ1) is 7.80. The number of hydrogen-bond acceptors (Lipinski definition) is 1. The average Bonchev–Trinajstić information content (AvgIpc) is 2.75. The third-order valence-electron chi connectivity index (χ3n) is 5.26. The zero-order valence-electron chi connectivity index (χ0n) is 14.0. The van der Waals surface area contributed by atoms with Crippen LogP contribution in [0.25, 0.3) is 0 Å². The van der Waals surface area contributed by atoms with E-state index in [2.05, 4.69) is 62.3 Å². The standard InChI is InChI=1S/C4H7O.3C4H9.Sn/c5-3-4-1-2-4;3*1-4(2)3;/h1,4-5H,2-3H2;3*1-3H3;/t4-;;;;/m1..../s1. The summed E-state index contributed by atoms with van der Waals surface area (Å²) in [5, 5.41) is 9.57. The average molecular weight is 361 g/mol. The van der Waals surface area contributed by atoms with E-state index in [1.807, 2.05) is 0 Å². The number of aliphatic hydroxyl groups excluding tert-OH is 1.